The van der Waals surface area contributed by atoms with E-state index in [-0.39, 0.29) is 12.4 Å². The van der Waals surface area contributed by atoms with Crippen molar-refractivity contribution in [3.8, 4) is 5.75 Å². The molecule has 0 fully saturated rings. The Labute approximate surface area is 118 Å². The minimum Gasteiger partial charge on any atom is -0.486 e. The van der Waals surface area contributed by atoms with E-state index in [1.165, 1.54) is 18.2 Å². The summed E-state index contributed by atoms with van der Waals surface area (Å²) in [7, 11) is 0. The number of ether oxygens (including phenoxy) is 1. The molecule has 0 spiro atoms. The standard InChI is InChI=1S/C14H12BrF2NO/c15-10-4-1-2-7-13(10)18-8-9-19-14-11(16)5-3-6-12(14)17/h1-7,18H,8-9H2. The van der Waals surface area contributed by atoms with Crippen molar-refractivity contribution in [2.45, 2.75) is 0 Å². The van der Waals surface area contributed by atoms with Gasteiger partial charge in [0.1, 0.15) is 6.61 Å². The van der Waals surface area contributed by atoms with Crippen molar-refractivity contribution in [1.29, 1.82) is 0 Å². The van der Waals surface area contributed by atoms with Gasteiger partial charge >= 0.3 is 0 Å². The van der Waals surface area contributed by atoms with Crippen molar-refractivity contribution in [2.24, 2.45) is 0 Å². The molecule has 0 aliphatic rings. The number of benzene rings is 2. The third-order valence-electron chi connectivity index (χ3n) is 2.46. The van der Waals surface area contributed by atoms with Crippen molar-refractivity contribution < 1.29 is 13.5 Å². The molecule has 2 aromatic carbocycles. The normalized spacial score (nSPS) is 10.3. The van der Waals surface area contributed by atoms with Crippen LogP contribution in [0.1, 0.15) is 0 Å². The van der Waals surface area contributed by atoms with Gasteiger partial charge in [0.15, 0.2) is 17.4 Å². The number of nitrogens with one attached hydrogen (secondary N) is 1. The molecule has 2 aromatic rings. The van der Waals surface area contributed by atoms with E-state index >= 15 is 0 Å². The Morgan fingerprint density at radius 2 is 1.68 bits per heavy atom. The van der Waals surface area contributed by atoms with Crippen LogP contribution in [0.2, 0.25) is 0 Å². The third-order valence-corrected chi connectivity index (χ3v) is 3.15. The zero-order chi connectivity index (χ0) is 13.7. The van der Waals surface area contributed by atoms with Crippen molar-refractivity contribution in [3.63, 3.8) is 0 Å². The van der Waals surface area contributed by atoms with Crippen molar-refractivity contribution >= 4 is 21.6 Å². The van der Waals surface area contributed by atoms with E-state index in [4.69, 9.17) is 4.74 Å². The summed E-state index contributed by atoms with van der Waals surface area (Å²) in [5.74, 6) is -1.72. The molecule has 1 N–H and O–H groups in total. The van der Waals surface area contributed by atoms with E-state index in [1.54, 1.807) is 0 Å². The molecule has 100 valence electrons. The van der Waals surface area contributed by atoms with Gasteiger partial charge in [-0.15, -0.1) is 0 Å². The minimum atomic E-state index is -0.694. The zero-order valence-corrected chi connectivity index (χ0v) is 11.6. The van der Waals surface area contributed by atoms with Crippen molar-refractivity contribution in [2.75, 3.05) is 18.5 Å². The minimum absolute atomic E-state index is 0.166. The molecular weight excluding hydrogens is 316 g/mol. The van der Waals surface area contributed by atoms with Gasteiger partial charge in [0.2, 0.25) is 0 Å². The molecule has 0 atom stereocenters. The number of para-hydroxylation sites is 2. The highest BCUT2D eigenvalue weighted by atomic mass is 79.9. The second-order valence-electron chi connectivity index (χ2n) is 3.81. The van der Waals surface area contributed by atoms with Gasteiger partial charge in [-0.1, -0.05) is 18.2 Å². The van der Waals surface area contributed by atoms with Gasteiger partial charge in [0.25, 0.3) is 0 Å². The third kappa shape index (κ3) is 3.67. The number of rotatable bonds is 5. The summed E-state index contributed by atoms with van der Waals surface area (Å²) in [6.45, 7) is 0.607. The molecule has 0 aromatic heterocycles. The Hall–Kier alpha value is -1.62. The molecule has 2 rings (SSSR count). The lowest BCUT2D eigenvalue weighted by Gasteiger charge is -2.10. The summed E-state index contributed by atoms with van der Waals surface area (Å²) in [4.78, 5) is 0. The van der Waals surface area contributed by atoms with Gasteiger partial charge < -0.3 is 10.1 Å². The Morgan fingerprint density at radius 1 is 1.00 bits per heavy atom. The maximum atomic E-state index is 13.3. The first kappa shape index (κ1) is 13.8. The van der Waals surface area contributed by atoms with Crippen LogP contribution in [-0.2, 0) is 0 Å². The second kappa shape index (κ2) is 6.52. The highest BCUT2D eigenvalue weighted by molar-refractivity contribution is 9.10. The Balaban J connectivity index is 1.86. The highest BCUT2D eigenvalue weighted by Gasteiger charge is 2.08. The first-order valence-electron chi connectivity index (χ1n) is 5.73. The van der Waals surface area contributed by atoms with Crippen LogP contribution < -0.4 is 10.1 Å². The van der Waals surface area contributed by atoms with Crippen molar-refractivity contribution in [3.05, 3.63) is 58.6 Å². The highest BCUT2D eigenvalue weighted by Crippen LogP contribution is 2.22. The maximum Gasteiger partial charge on any atom is 0.190 e. The Morgan fingerprint density at radius 3 is 2.37 bits per heavy atom. The molecule has 0 radical (unpaired) electrons. The lowest BCUT2D eigenvalue weighted by atomic mass is 10.3. The molecule has 0 amide bonds. The topological polar surface area (TPSA) is 21.3 Å². The summed E-state index contributed by atoms with van der Waals surface area (Å²) in [5.41, 5.74) is 0.903. The largest absolute Gasteiger partial charge is 0.486 e. The number of anilines is 1. The summed E-state index contributed by atoms with van der Waals surface area (Å²) in [6.07, 6.45) is 0. The van der Waals surface area contributed by atoms with Gasteiger partial charge in [-0.3, -0.25) is 0 Å². The summed E-state index contributed by atoms with van der Waals surface area (Å²) in [5, 5.41) is 3.11. The number of halogens is 3. The molecule has 0 saturated heterocycles. The molecule has 5 heteroatoms. The van der Waals surface area contributed by atoms with Crippen LogP contribution in [0.3, 0.4) is 0 Å². The van der Waals surface area contributed by atoms with Crippen LogP contribution in [0.5, 0.6) is 5.75 Å². The smallest absolute Gasteiger partial charge is 0.190 e. The monoisotopic (exact) mass is 327 g/mol. The predicted molar refractivity (Wildman–Crippen MR) is 74.5 cm³/mol. The lowest BCUT2D eigenvalue weighted by Crippen LogP contribution is -2.13. The van der Waals surface area contributed by atoms with E-state index in [1.807, 2.05) is 24.3 Å². The van der Waals surface area contributed by atoms with Gasteiger partial charge in [-0.2, -0.15) is 0 Å². The Kier molecular flexibility index (Phi) is 4.74. The van der Waals surface area contributed by atoms with E-state index in [2.05, 4.69) is 21.2 Å². The van der Waals surface area contributed by atoms with E-state index < -0.39 is 11.6 Å². The van der Waals surface area contributed by atoms with Crippen LogP contribution in [0.15, 0.2) is 46.9 Å². The fraction of sp³-hybridized carbons (Fsp3) is 0.143. The quantitative estimate of drug-likeness (QED) is 0.830. The van der Waals surface area contributed by atoms with Crippen molar-refractivity contribution in [1.82, 2.24) is 0 Å². The van der Waals surface area contributed by atoms with Crippen LogP contribution in [0.4, 0.5) is 14.5 Å². The van der Waals surface area contributed by atoms with Crippen LogP contribution >= 0.6 is 15.9 Å². The summed E-state index contributed by atoms with van der Waals surface area (Å²) < 4.78 is 32.6. The molecule has 0 unspecified atom stereocenters. The van der Waals surface area contributed by atoms with E-state index in [9.17, 15) is 8.78 Å². The maximum absolute atomic E-state index is 13.3. The fourth-order valence-electron chi connectivity index (χ4n) is 1.56. The molecule has 0 aliphatic heterocycles. The average Bonchev–Trinajstić information content (AvgIpc) is 2.39. The molecule has 19 heavy (non-hydrogen) atoms. The molecule has 0 bridgehead atoms. The zero-order valence-electron chi connectivity index (χ0n) is 10.00. The first-order valence-corrected chi connectivity index (χ1v) is 6.53. The van der Waals surface area contributed by atoms with Gasteiger partial charge in [-0.25, -0.2) is 8.78 Å². The predicted octanol–water partition coefficient (Wildman–Crippen LogP) is 4.22. The molecule has 2 nitrogen and oxygen atoms in total. The summed E-state index contributed by atoms with van der Waals surface area (Å²) >= 11 is 3.39. The first-order chi connectivity index (χ1) is 9.18. The second-order valence-corrected chi connectivity index (χ2v) is 4.66. The van der Waals surface area contributed by atoms with Gasteiger partial charge in [0, 0.05) is 16.7 Å². The molecule has 0 aliphatic carbocycles. The van der Waals surface area contributed by atoms with Crippen LogP contribution in [-0.4, -0.2) is 13.2 Å². The van der Waals surface area contributed by atoms with Crippen LogP contribution in [0.25, 0.3) is 0 Å². The average molecular weight is 328 g/mol. The Bertz CT molecular complexity index is 543. The fourth-order valence-corrected chi connectivity index (χ4v) is 1.99. The van der Waals surface area contributed by atoms with Crippen LogP contribution in [0, 0.1) is 11.6 Å². The molecule has 0 heterocycles. The van der Waals surface area contributed by atoms with E-state index in [0.717, 1.165) is 10.2 Å². The van der Waals surface area contributed by atoms with Gasteiger partial charge in [0.05, 0.1) is 0 Å². The number of hydrogen-bond donors (Lipinski definition) is 1. The SMILES string of the molecule is Fc1cccc(F)c1OCCNc1ccccc1Br. The van der Waals surface area contributed by atoms with E-state index in [0.29, 0.717) is 6.54 Å². The molecular formula is C14H12BrF2NO. The van der Waals surface area contributed by atoms with Gasteiger partial charge in [-0.05, 0) is 40.2 Å². The lowest BCUT2D eigenvalue weighted by molar-refractivity contribution is 0.297. The summed E-state index contributed by atoms with van der Waals surface area (Å²) in [6, 6.07) is 11.2. The molecule has 0 saturated carbocycles. The number of hydrogen-bond acceptors (Lipinski definition) is 2.